The lowest BCUT2D eigenvalue weighted by atomic mass is 10.1. The van der Waals surface area contributed by atoms with Gasteiger partial charge in [-0.3, -0.25) is 14.8 Å². The second-order valence-corrected chi connectivity index (χ2v) is 5.81. The van der Waals surface area contributed by atoms with Gasteiger partial charge in [-0.05, 0) is 12.1 Å². The lowest BCUT2D eigenvalue weighted by molar-refractivity contribution is -0.141. The van der Waals surface area contributed by atoms with Crippen LogP contribution in [0.15, 0.2) is 30.6 Å². The molecule has 1 unspecified atom stereocenters. The quantitative estimate of drug-likeness (QED) is 0.899. The Labute approximate surface area is 125 Å². The Kier molecular flexibility index (Phi) is 3.74. The van der Waals surface area contributed by atoms with Crippen molar-refractivity contribution in [1.82, 2.24) is 14.9 Å². The third-order valence-electron chi connectivity index (χ3n) is 3.40. The van der Waals surface area contributed by atoms with Crippen molar-refractivity contribution in [2.24, 2.45) is 0 Å². The molecule has 1 amide bonds. The number of carboxylic acids is 1. The molecular weight excluding hydrogens is 290 g/mol. The fourth-order valence-electron chi connectivity index (χ4n) is 2.37. The minimum Gasteiger partial charge on any atom is -0.480 e. The van der Waals surface area contributed by atoms with Crippen molar-refractivity contribution in [3.63, 3.8) is 0 Å². The number of aromatic nitrogens is 2. The summed E-state index contributed by atoms with van der Waals surface area (Å²) < 4.78 is 0. The van der Waals surface area contributed by atoms with Crippen molar-refractivity contribution < 1.29 is 14.7 Å². The van der Waals surface area contributed by atoms with Crippen LogP contribution in [0.2, 0.25) is 0 Å². The van der Waals surface area contributed by atoms with Gasteiger partial charge in [-0.25, -0.2) is 4.79 Å². The molecule has 0 spiro atoms. The van der Waals surface area contributed by atoms with E-state index in [1.54, 1.807) is 36.2 Å². The Morgan fingerprint density at radius 2 is 2.10 bits per heavy atom. The number of carboxylic acid groups (broad SMARTS) is 1. The summed E-state index contributed by atoms with van der Waals surface area (Å²) in [6.07, 6.45) is 3.09. The Morgan fingerprint density at radius 1 is 1.29 bits per heavy atom. The van der Waals surface area contributed by atoms with Gasteiger partial charge in [0.25, 0.3) is 5.91 Å². The van der Waals surface area contributed by atoms with Gasteiger partial charge in [0.15, 0.2) is 0 Å². The molecule has 1 atom stereocenters. The first-order valence-electron chi connectivity index (χ1n) is 6.50. The van der Waals surface area contributed by atoms with E-state index in [9.17, 15) is 14.7 Å². The first kappa shape index (κ1) is 13.8. The highest BCUT2D eigenvalue weighted by Gasteiger charge is 2.33. The number of fused-ring (bicyclic) bond motifs is 1. The van der Waals surface area contributed by atoms with E-state index in [0.717, 1.165) is 5.75 Å². The highest BCUT2D eigenvalue weighted by molar-refractivity contribution is 7.99. The third-order valence-corrected chi connectivity index (χ3v) is 4.43. The topological polar surface area (TPSA) is 83.4 Å². The molecule has 108 valence electrons. The fraction of sp³-hybridized carbons (Fsp3) is 0.286. The van der Waals surface area contributed by atoms with Crippen molar-refractivity contribution in [2.75, 3.05) is 18.1 Å². The van der Waals surface area contributed by atoms with Crippen LogP contribution in [0.1, 0.15) is 10.4 Å². The standard InChI is InChI=1S/C14H13N3O3S/c18-13(17-6-7-21-8-11(17)14(19)20)9-2-1-3-10-12(9)16-5-4-15-10/h1-5,11H,6-8H2,(H,19,20). The molecule has 3 rings (SSSR count). The summed E-state index contributed by atoms with van der Waals surface area (Å²) >= 11 is 1.55. The summed E-state index contributed by atoms with van der Waals surface area (Å²) in [5.74, 6) is -0.112. The van der Waals surface area contributed by atoms with Crippen LogP contribution in [0.5, 0.6) is 0 Å². The number of rotatable bonds is 2. The Hall–Kier alpha value is -2.15. The Bertz CT molecular complexity index is 701. The van der Waals surface area contributed by atoms with Crippen LogP contribution >= 0.6 is 11.8 Å². The molecule has 2 aromatic rings. The van der Waals surface area contributed by atoms with E-state index < -0.39 is 12.0 Å². The largest absolute Gasteiger partial charge is 0.480 e. The first-order chi connectivity index (χ1) is 10.2. The minimum atomic E-state index is -0.970. The molecule has 0 radical (unpaired) electrons. The Balaban J connectivity index is 2.01. The molecule has 1 aromatic carbocycles. The molecule has 1 saturated heterocycles. The molecular formula is C14H13N3O3S. The maximum Gasteiger partial charge on any atom is 0.327 e. The van der Waals surface area contributed by atoms with Crippen LogP contribution in [0.4, 0.5) is 0 Å². The van der Waals surface area contributed by atoms with Gasteiger partial charge in [-0.15, -0.1) is 0 Å². The average Bonchev–Trinajstić information content (AvgIpc) is 2.53. The number of para-hydroxylation sites is 1. The van der Waals surface area contributed by atoms with Crippen molar-refractivity contribution in [2.45, 2.75) is 6.04 Å². The average molecular weight is 303 g/mol. The van der Waals surface area contributed by atoms with Gasteiger partial charge in [0.2, 0.25) is 0 Å². The zero-order valence-corrected chi connectivity index (χ0v) is 11.9. The monoisotopic (exact) mass is 303 g/mol. The summed E-state index contributed by atoms with van der Waals surface area (Å²) in [6, 6.07) is 4.39. The number of carbonyl (C=O) groups is 2. The number of thioether (sulfide) groups is 1. The number of hydrogen-bond donors (Lipinski definition) is 1. The molecule has 1 aliphatic rings. The van der Waals surface area contributed by atoms with Crippen LogP contribution in [-0.4, -0.2) is 55.9 Å². The molecule has 1 N–H and O–H groups in total. The van der Waals surface area contributed by atoms with Crippen LogP contribution in [0.25, 0.3) is 11.0 Å². The van der Waals surface area contributed by atoms with E-state index in [-0.39, 0.29) is 5.91 Å². The smallest absolute Gasteiger partial charge is 0.327 e. The fourth-order valence-corrected chi connectivity index (χ4v) is 3.41. The summed E-state index contributed by atoms with van der Waals surface area (Å²) in [6.45, 7) is 0.428. The minimum absolute atomic E-state index is 0.297. The molecule has 6 nitrogen and oxygen atoms in total. The van der Waals surface area contributed by atoms with Crippen LogP contribution < -0.4 is 0 Å². The third kappa shape index (κ3) is 2.56. The van der Waals surface area contributed by atoms with Crippen molar-refractivity contribution in [3.8, 4) is 0 Å². The maximum atomic E-state index is 12.7. The first-order valence-corrected chi connectivity index (χ1v) is 7.65. The number of benzene rings is 1. The van der Waals surface area contributed by atoms with E-state index >= 15 is 0 Å². The normalized spacial score (nSPS) is 18.7. The predicted molar refractivity (Wildman–Crippen MR) is 79.3 cm³/mol. The van der Waals surface area contributed by atoms with E-state index in [0.29, 0.717) is 28.9 Å². The number of hydrogen-bond acceptors (Lipinski definition) is 5. The molecule has 1 aliphatic heterocycles. The zero-order chi connectivity index (χ0) is 14.8. The summed E-state index contributed by atoms with van der Waals surface area (Å²) in [7, 11) is 0. The molecule has 0 bridgehead atoms. The highest BCUT2D eigenvalue weighted by atomic mass is 32.2. The van der Waals surface area contributed by atoms with Crippen LogP contribution in [0.3, 0.4) is 0 Å². The summed E-state index contributed by atoms with van der Waals surface area (Å²) in [5, 5.41) is 9.28. The summed E-state index contributed by atoms with van der Waals surface area (Å²) in [4.78, 5) is 33.8. The van der Waals surface area contributed by atoms with Gasteiger partial charge in [-0.1, -0.05) is 6.07 Å². The molecule has 1 aromatic heterocycles. The number of carbonyl (C=O) groups excluding carboxylic acids is 1. The van der Waals surface area contributed by atoms with Crippen LogP contribution in [0, 0.1) is 0 Å². The number of amides is 1. The van der Waals surface area contributed by atoms with E-state index in [1.807, 2.05) is 0 Å². The molecule has 2 heterocycles. The maximum absolute atomic E-state index is 12.7. The summed E-state index contributed by atoms with van der Waals surface area (Å²) in [5.41, 5.74) is 1.53. The van der Waals surface area contributed by atoms with Gasteiger partial charge in [-0.2, -0.15) is 11.8 Å². The molecule has 7 heteroatoms. The number of aliphatic carboxylic acids is 1. The lowest BCUT2D eigenvalue weighted by Gasteiger charge is -2.32. The van der Waals surface area contributed by atoms with Crippen molar-refractivity contribution in [3.05, 3.63) is 36.2 Å². The van der Waals surface area contributed by atoms with Gasteiger partial charge in [0, 0.05) is 30.4 Å². The molecule has 1 fully saturated rings. The number of nitrogens with zero attached hydrogens (tertiary/aromatic N) is 3. The van der Waals surface area contributed by atoms with E-state index in [1.165, 1.54) is 11.1 Å². The van der Waals surface area contributed by atoms with E-state index in [4.69, 9.17) is 0 Å². The lowest BCUT2D eigenvalue weighted by Crippen LogP contribution is -2.50. The van der Waals surface area contributed by atoms with Crippen molar-refractivity contribution >= 4 is 34.7 Å². The molecule has 0 saturated carbocycles. The van der Waals surface area contributed by atoms with Crippen molar-refractivity contribution in [1.29, 1.82) is 0 Å². The van der Waals surface area contributed by atoms with Gasteiger partial charge >= 0.3 is 5.97 Å². The van der Waals surface area contributed by atoms with Gasteiger partial charge < -0.3 is 10.0 Å². The highest BCUT2D eigenvalue weighted by Crippen LogP contribution is 2.22. The zero-order valence-electron chi connectivity index (χ0n) is 11.1. The Morgan fingerprint density at radius 3 is 2.90 bits per heavy atom. The van der Waals surface area contributed by atoms with Gasteiger partial charge in [0.05, 0.1) is 11.1 Å². The second kappa shape index (κ2) is 5.69. The van der Waals surface area contributed by atoms with Crippen LogP contribution in [-0.2, 0) is 4.79 Å². The predicted octanol–water partition coefficient (Wildman–Crippen LogP) is 1.27. The second-order valence-electron chi connectivity index (χ2n) is 4.66. The molecule has 0 aliphatic carbocycles. The van der Waals surface area contributed by atoms with E-state index in [2.05, 4.69) is 9.97 Å². The molecule has 21 heavy (non-hydrogen) atoms. The van der Waals surface area contributed by atoms with Gasteiger partial charge in [0.1, 0.15) is 11.6 Å². The SMILES string of the molecule is O=C(O)C1CSCCN1C(=O)c1cccc2nccnc12.